The molecule has 0 heterocycles. The molecule has 15 heavy (non-hydrogen) atoms. The van der Waals surface area contributed by atoms with Gasteiger partial charge >= 0.3 is 0 Å². The van der Waals surface area contributed by atoms with Crippen molar-refractivity contribution < 1.29 is 9.84 Å². The maximum absolute atomic E-state index is 8.87. The van der Waals surface area contributed by atoms with Crippen LogP contribution >= 0.6 is 12.6 Å². The summed E-state index contributed by atoms with van der Waals surface area (Å²) in [5.74, 6) is 1.06. The highest BCUT2D eigenvalue weighted by atomic mass is 32.1. The highest BCUT2D eigenvalue weighted by molar-refractivity contribution is 7.81. The van der Waals surface area contributed by atoms with Gasteiger partial charge in [-0.3, -0.25) is 0 Å². The van der Waals surface area contributed by atoms with Crippen LogP contribution in [0.5, 0.6) is 0 Å². The number of rotatable bonds is 8. The Balaban J connectivity index is 3.85. The van der Waals surface area contributed by atoms with Gasteiger partial charge in [-0.2, -0.15) is 12.6 Å². The van der Waals surface area contributed by atoms with Crippen LogP contribution < -0.4 is 0 Å². The fourth-order valence-electron chi connectivity index (χ4n) is 1.39. The maximum Gasteiger partial charge on any atom is 0.0965 e. The number of thiol groups is 1. The highest BCUT2D eigenvalue weighted by Crippen LogP contribution is 2.15. The Labute approximate surface area is 99.1 Å². The monoisotopic (exact) mass is 232 g/mol. The van der Waals surface area contributed by atoms with E-state index in [1.165, 1.54) is 6.42 Å². The van der Waals surface area contributed by atoms with Gasteiger partial charge in [0.25, 0.3) is 0 Å². The van der Waals surface area contributed by atoms with Crippen LogP contribution in [0.1, 0.15) is 46.5 Å². The number of aliphatic hydroxyl groups is 1. The summed E-state index contributed by atoms with van der Waals surface area (Å²) in [6.07, 6.45) is 6.29. The van der Waals surface area contributed by atoms with Crippen molar-refractivity contribution in [2.75, 3.05) is 6.61 Å². The van der Waals surface area contributed by atoms with Gasteiger partial charge in [0.2, 0.25) is 0 Å². The summed E-state index contributed by atoms with van der Waals surface area (Å²) in [5, 5.41) is 8.89. The number of ether oxygens (including phenoxy) is 1. The number of hydrogen-bond donors (Lipinski definition) is 2. The van der Waals surface area contributed by atoms with Crippen molar-refractivity contribution in [3.05, 3.63) is 11.8 Å². The van der Waals surface area contributed by atoms with E-state index in [4.69, 9.17) is 9.84 Å². The fraction of sp³-hybridized carbons (Fsp3) is 0.833. The summed E-state index contributed by atoms with van der Waals surface area (Å²) in [4.78, 5) is 0. The summed E-state index contributed by atoms with van der Waals surface area (Å²) < 4.78 is 5.78. The molecule has 0 aliphatic heterocycles. The van der Waals surface area contributed by atoms with Gasteiger partial charge < -0.3 is 9.84 Å². The van der Waals surface area contributed by atoms with Crippen molar-refractivity contribution in [3.8, 4) is 0 Å². The zero-order chi connectivity index (χ0) is 11.7. The van der Waals surface area contributed by atoms with Gasteiger partial charge in [-0.15, -0.1) is 0 Å². The molecular formula is C12H24O2S. The van der Waals surface area contributed by atoms with Crippen molar-refractivity contribution in [2.24, 2.45) is 0 Å². The maximum atomic E-state index is 8.87. The zero-order valence-electron chi connectivity index (χ0n) is 10.1. The van der Waals surface area contributed by atoms with Crippen molar-refractivity contribution in [1.29, 1.82) is 0 Å². The lowest BCUT2D eigenvalue weighted by atomic mass is 10.2. The molecule has 90 valence electrons. The SMILES string of the molecule is C/C=C(/CCCC)O[C@H](C)C[C@H](S)CO. The average molecular weight is 232 g/mol. The highest BCUT2D eigenvalue weighted by Gasteiger charge is 2.10. The quantitative estimate of drug-likeness (QED) is 0.497. The predicted molar refractivity (Wildman–Crippen MR) is 68.3 cm³/mol. The van der Waals surface area contributed by atoms with E-state index in [0.717, 1.165) is 25.0 Å². The lowest BCUT2D eigenvalue weighted by Gasteiger charge is -2.19. The zero-order valence-corrected chi connectivity index (χ0v) is 11.0. The van der Waals surface area contributed by atoms with E-state index in [0.29, 0.717) is 0 Å². The van der Waals surface area contributed by atoms with E-state index in [2.05, 4.69) is 19.6 Å². The second-order valence-corrected chi connectivity index (χ2v) is 4.59. The van der Waals surface area contributed by atoms with Gasteiger partial charge in [0, 0.05) is 11.7 Å². The first-order valence-corrected chi connectivity index (χ1v) is 6.26. The van der Waals surface area contributed by atoms with E-state index in [-0.39, 0.29) is 18.0 Å². The van der Waals surface area contributed by atoms with E-state index in [9.17, 15) is 0 Å². The van der Waals surface area contributed by atoms with E-state index in [1.807, 2.05) is 19.9 Å². The number of allylic oxidation sites excluding steroid dienone is 2. The van der Waals surface area contributed by atoms with Crippen LogP contribution in [0.2, 0.25) is 0 Å². The fourth-order valence-corrected chi connectivity index (χ4v) is 1.68. The molecule has 0 bridgehead atoms. The van der Waals surface area contributed by atoms with Crippen LogP contribution in [-0.4, -0.2) is 23.1 Å². The summed E-state index contributed by atoms with van der Waals surface area (Å²) in [6, 6.07) is 0. The molecule has 1 N–H and O–H groups in total. The van der Waals surface area contributed by atoms with Gasteiger partial charge in [0.1, 0.15) is 0 Å². The first-order chi connectivity index (χ1) is 7.13. The van der Waals surface area contributed by atoms with E-state index >= 15 is 0 Å². The molecule has 0 unspecified atom stereocenters. The van der Waals surface area contributed by atoms with Crippen LogP contribution in [0.3, 0.4) is 0 Å². The topological polar surface area (TPSA) is 29.5 Å². The van der Waals surface area contributed by atoms with E-state index < -0.39 is 0 Å². The number of unbranched alkanes of at least 4 members (excludes halogenated alkanes) is 1. The third-order valence-electron chi connectivity index (χ3n) is 2.27. The summed E-state index contributed by atoms with van der Waals surface area (Å²) in [6.45, 7) is 6.30. The minimum Gasteiger partial charge on any atom is -0.495 e. The smallest absolute Gasteiger partial charge is 0.0965 e. The van der Waals surface area contributed by atoms with Crippen molar-refractivity contribution >= 4 is 12.6 Å². The molecule has 0 saturated heterocycles. The van der Waals surface area contributed by atoms with Crippen LogP contribution in [0, 0.1) is 0 Å². The third-order valence-corrected chi connectivity index (χ3v) is 2.64. The Morgan fingerprint density at radius 1 is 1.53 bits per heavy atom. The Morgan fingerprint density at radius 2 is 2.20 bits per heavy atom. The lowest BCUT2D eigenvalue weighted by Crippen LogP contribution is -2.17. The van der Waals surface area contributed by atoms with E-state index in [1.54, 1.807) is 0 Å². The lowest BCUT2D eigenvalue weighted by molar-refractivity contribution is 0.109. The molecular weight excluding hydrogens is 208 g/mol. The minimum absolute atomic E-state index is 0.0179. The Hall–Kier alpha value is -0.150. The molecule has 2 nitrogen and oxygen atoms in total. The van der Waals surface area contributed by atoms with Crippen molar-refractivity contribution in [3.63, 3.8) is 0 Å². The molecule has 0 amide bonds. The molecule has 0 spiro atoms. The van der Waals surface area contributed by atoms with Gasteiger partial charge in [-0.05, 0) is 32.8 Å². The summed E-state index contributed by atoms with van der Waals surface area (Å²) in [7, 11) is 0. The summed E-state index contributed by atoms with van der Waals surface area (Å²) >= 11 is 4.24. The van der Waals surface area contributed by atoms with Gasteiger partial charge in [-0.1, -0.05) is 13.3 Å². The molecule has 0 aromatic heterocycles. The Bertz CT molecular complexity index is 180. The normalized spacial score (nSPS) is 16.2. The molecule has 0 radical (unpaired) electrons. The van der Waals surface area contributed by atoms with Crippen LogP contribution in [0.25, 0.3) is 0 Å². The minimum atomic E-state index is 0.0179. The summed E-state index contributed by atoms with van der Waals surface area (Å²) in [5.41, 5.74) is 0. The molecule has 0 saturated carbocycles. The van der Waals surface area contributed by atoms with Crippen LogP contribution in [0.15, 0.2) is 11.8 Å². The molecule has 0 fully saturated rings. The van der Waals surface area contributed by atoms with Crippen LogP contribution in [0.4, 0.5) is 0 Å². The standard InChI is InChI=1S/C12H24O2S/c1-4-6-7-11(5-2)14-10(3)8-12(15)9-13/h5,10,12-13,15H,4,6-9H2,1-3H3/b11-5-/t10-,12+/m1/s1. The third kappa shape index (κ3) is 7.74. The van der Waals surface area contributed by atoms with Gasteiger partial charge in [-0.25, -0.2) is 0 Å². The molecule has 0 aromatic carbocycles. The molecule has 3 heteroatoms. The van der Waals surface area contributed by atoms with Gasteiger partial charge in [0.15, 0.2) is 0 Å². The molecule has 0 rings (SSSR count). The average Bonchev–Trinajstić information content (AvgIpc) is 2.23. The number of aliphatic hydroxyl groups excluding tert-OH is 1. The molecule has 0 aliphatic rings. The van der Waals surface area contributed by atoms with Crippen molar-refractivity contribution in [2.45, 2.75) is 57.8 Å². The van der Waals surface area contributed by atoms with Gasteiger partial charge in [0.05, 0.1) is 18.5 Å². The van der Waals surface area contributed by atoms with Crippen LogP contribution in [-0.2, 0) is 4.74 Å². The Kier molecular flexibility index (Phi) is 9.01. The first kappa shape index (κ1) is 14.8. The molecule has 0 aromatic rings. The molecule has 0 aliphatic carbocycles. The second kappa shape index (κ2) is 9.10. The largest absolute Gasteiger partial charge is 0.495 e. The molecule has 2 atom stereocenters. The first-order valence-electron chi connectivity index (χ1n) is 5.74. The predicted octanol–water partition coefficient (Wildman–Crippen LogP) is 3.17. The Morgan fingerprint density at radius 3 is 2.67 bits per heavy atom. The second-order valence-electron chi connectivity index (χ2n) is 3.86. The van der Waals surface area contributed by atoms with Crippen molar-refractivity contribution in [1.82, 2.24) is 0 Å². The number of hydrogen-bond acceptors (Lipinski definition) is 3.